The molecule has 9 heteroatoms. The number of amides is 2. The van der Waals surface area contributed by atoms with E-state index in [0.717, 1.165) is 16.9 Å². The van der Waals surface area contributed by atoms with Gasteiger partial charge in [-0.05, 0) is 66.6 Å². The molecule has 0 aromatic heterocycles. The van der Waals surface area contributed by atoms with Gasteiger partial charge in [0.1, 0.15) is 5.75 Å². The highest BCUT2D eigenvalue weighted by molar-refractivity contribution is 5.92. The minimum absolute atomic E-state index is 0.176. The van der Waals surface area contributed by atoms with Crippen LogP contribution in [0.3, 0.4) is 0 Å². The van der Waals surface area contributed by atoms with Crippen LogP contribution in [0, 0.1) is 11.3 Å². The SMILES string of the molecule is CCOC(=O)c1ccc(NC(=O)N2CCN(C[C@@H](OCc3ccc(C#N)cc3)c3cccc(OC)c3)CC2)cc1. The normalized spacial score (nSPS) is 14.2. The Morgan fingerprint density at radius 1 is 1.00 bits per heavy atom. The number of rotatable bonds is 10. The lowest BCUT2D eigenvalue weighted by atomic mass is 10.1. The molecule has 0 bridgehead atoms. The highest BCUT2D eigenvalue weighted by Crippen LogP contribution is 2.25. The van der Waals surface area contributed by atoms with Crippen molar-refractivity contribution in [3.8, 4) is 11.8 Å². The van der Waals surface area contributed by atoms with Crippen molar-refractivity contribution in [1.82, 2.24) is 9.80 Å². The monoisotopic (exact) mass is 542 g/mol. The maximum absolute atomic E-state index is 12.9. The fourth-order valence-corrected chi connectivity index (χ4v) is 4.44. The molecule has 3 aromatic carbocycles. The van der Waals surface area contributed by atoms with Crippen LogP contribution in [0.15, 0.2) is 72.8 Å². The Bertz CT molecular complexity index is 1310. The van der Waals surface area contributed by atoms with Gasteiger partial charge in [0, 0.05) is 38.4 Å². The van der Waals surface area contributed by atoms with Gasteiger partial charge in [-0.1, -0.05) is 24.3 Å². The van der Waals surface area contributed by atoms with E-state index in [-0.39, 0.29) is 18.1 Å². The first-order chi connectivity index (χ1) is 19.5. The summed E-state index contributed by atoms with van der Waals surface area (Å²) in [4.78, 5) is 28.8. The Hall–Kier alpha value is -4.39. The molecule has 1 atom stereocenters. The highest BCUT2D eigenvalue weighted by atomic mass is 16.5. The molecule has 2 amide bonds. The molecule has 0 spiro atoms. The van der Waals surface area contributed by atoms with Crippen LogP contribution < -0.4 is 10.1 Å². The molecule has 1 fully saturated rings. The first kappa shape index (κ1) is 28.6. The van der Waals surface area contributed by atoms with E-state index in [1.165, 1.54) is 0 Å². The van der Waals surface area contributed by atoms with E-state index in [1.54, 1.807) is 55.3 Å². The summed E-state index contributed by atoms with van der Waals surface area (Å²) in [7, 11) is 1.64. The summed E-state index contributed by atoms with van der Waals surface area (Å²) in [5.41, 5.74) is 3.68. The topological polar surface area (TPSA) is 104 Å². The van der Waals surface area contributed by atoms with Crippen LogP contribution in [0.25, 0.3) is 0 Å². The van der Waals surface area contributed by atoms with Crippen LogP contribution in [0.2, 0.25) is 0 Å². The van der Waals surface area contributed by atoms with Gasteiger partial charge >= 0.3 is 12.0 Å². The first-order valence-corrected chi connectivity index (χ1v) is 13.3. The lowest BCUT2D eigenvalue weighted by molar-refractivity contribution is 0.00584. The molecule has 3 aromatic rings. The number of hydrogen-bond acceptors (Lipinski definition) is 7. The van der Waals surface area contributed by atoms with Gasteiger partial charge in [0.15, 0.2) is 0 Å². The molecule has 208 valence electrons. The van der Waals surface area contributed by atoms with Gasteiger partial charge in [-0.25, -0.2) is 9.59 Å². The van der Waals surface area contributed by atoms with E-state index in [1.807, 2.05) is 36.4 Å². The summed E-state index contributed by atoms with van der Waals surface area (Å²) in [6.07, 6.45) is -0.205. The Morgan fingerprint density at radius 2 is 1.73 bits per heavy atom. The lowest BCUT2D eigenvalue weighted by Gasteiger charge is -2.36. The highest BCUT2D eigenvalue weighted by Gasteiger charge is 2.25. The van der Waals surface area contributed by atoms with Gasteiger partial charge in [-0.2, -0.15) is 5.26 Å². The average Bonchev–Trinajstić information content (AvgIpc) is 3.00. The predicted molar refractivity (Wildman–Crippen MR) is 151 cm³/mol. The van der Waals surface area contributed by atoms with Crippen molar-refractivity contribution in [2.45, 2.75) is 19.6 Å². The summed E-state index contributed by atoms with van der Waals surface area (Å²) in [5.74, 6) is 0.380. The Labute approximate surface area is 234 Å². The molecule has 1 heterocycles. The quantitative estimate of drug-likeness (QED) is 0.365. The van der Waals surface area contributed by atoms with Crippen LogP contribution in [0.4, 0.5) is 10.5 Å². The molecule has 40 heavy (non-hydrogen) atoms. The van der Waals surface area contributed by atoms with Crippen molar-refractivity contribution in [3.05, 3.63) is 95.1 Å². The summed E-state index contributed by atoms with van der Waals surface area (Å²) in [5, 5.41) is 12.0. The standard InChI is InChI=1S/C31H34N4O5/c1-3-39-30(36)25-11-13-27(14-12-25)33-31(37)35-17-15-34(16-18-35)21-29(26-5-4-6-28(19-26)38-2)40-22-24-9-7-23(20-32)8-10-24/h4-14,19,29H,3,15-18,21-22H2,1-2H3,(H,33,37)/t29-/m1/s1. The van der Waals surface area contributed by atoms with E-state index in [2.05, 4.69) is 16.3 Å². The minimum atomic E-state index is -0.385. The molecule has 1 aliphatic heterocycles. The van der Waals surface area contributed by atoms with E-state index < -0.39 is 0 Å². The summed E-state index contributed by atoms with van der Waals surface area (Å²) in [6.45, 7) is 5.70. The molecular weight excluding hydrogens is 508 g/mol. The first-order valence-electron chi connectivity index (χ1n) is 13.3. The number of esters is 1. The van der Waals surface area contributed by atoms with Gasteiger partial charge in [-0.3, -0.25) is 4.90 Å². The summed E-state index contributed by atoms with van der Waals surface area (Å²) in [6, 6.07) is 23.9. The molecule has 0 aliphatic carbocycles. The zero-order valence-corrected chi connectivity index (χ0v) is 22.8. The molecule has 9 nitrogen and oxygen atoms in total. The van der Waals surface area contributed by atoms with Crippen LogP contribution in [-0.2, 0) is 16.1 Å². The number of nitrogens with zero attached hydrogens (tertiary/aromatic N) is 3. The Morgan fingerprint density at radius 3 is 2.38 bits per heavy atom. The smallest absolute Gasteiger partial charge is 0.338 e. The minimum Gasteiger partial charge on any atom is -0.497 e. The number of urea groups is 1. The zero-order chi connectivity index (χ0) is 28.3. The average molecular weight is 543 g/mol. The molecule has 0 saturated carbocycles. The number of methoxy groups -OCH3 is 1. The number of ether oxygens (including phenoxy) is 3. The number of nitriles is 1. The number of carbonyl (C=O) groups is 2. The van der Waals surface area contributed by atoms with Crippen molar-refractivity contribution in [3.63, 3.8) is 0 Å². The van der Waals surface area contributed by atoms with E-state index >= 15 is 0 Å². The molecule has 4 rings (SSSR count). The van der Waals surface area contributed by atoms with Gasteiger partial charge in [0.2, 0.25) is 0 Å². The van der Waals surface area contributed by atoms with Crippen molar-refractivity contribution >= 4 is 17.7 Å². The third-order valence-electron chi connectivity index (χ3n) is 6.73. The maximum atomic E-state index is 12.9. The third-order valence-corrected chi connectivity index (χ3v) is 6.73. The molecule has 0 radical (unpaired) electrons. The number of benzene rings is 3. The fraction of sp³-hybridized carbons (Fsp3) is 0.323. The number of hydrogen-bond donors (Lipinski definition) is 1. The fourth-order valence-electron chi connectivity index (χ4n) is 4.44. The summed E-state index contributed by atoms with van der Waals surface area (Å²) < 4.78 is 16.8. The molecule has 1 saturated heterocycles. The number of anilines is 1. The van der Waals surface area contributed by atoms with Crippen LogP contribution in [0.5, 0.6) is 5.75 Å². The largest absolute Gasteiger partial charge is 0.497 e. The van der Waals surface area contributed by atoms with Gasteiger partial charge < -0.3 is 24.4 Å². The third kappa shape index (κ3) is 7.82. The van der Waals surface area contributed by atoms with E-state index in [4.69, 9.17) is 19.5 Å². The Kier molecular flexibility index (Phi) is 10.1. The zero-order valence-electron chi connectivity index (χ0n) is 22.8. The maximum Gasteiger partial charge on any atom is 0.338 e. The molecule has 0 unspecified atom stereocenters. The van der Waals surface area contributed by atoms with E-state index in [0.29, 0.717) is 62.8 Å². The van der Waals surface area contributed by atoms with Gasteiger partial charge in [0.25, 0.3) is 0 Å². The molecule has 1 aliphatic rings. The van der Waals surface area contributed by atoms with Gasteiger partial charge in [-0.15, -0.1) is 0 Å². The van der Waals surface area contributed by atoms with Crippen molar-refractivity contribution < 1.29 is 23.8 Å². The van der Waals surface area contributed by atoms with Crippen LogP contribution in [-0.4, -0.2) is 68.2 Å². The van der Waals surface area contributed by atoms with Crippen LogP contribution >= 0.6 is 0 Å². The molecule has 1 N–H and O–H groups in total. The number of nitrogens with one attached hydrogen (secondary N) is 1. The predicted octanol–water partition coefficient (Wildman–Crippen LogP) is 4.85. The van der Waals surface area contributed by atoms with Crippen molar-refractivity contribution in [2.75, 3.05) is 51.8 Å². The van der Waals surface area contributed by atoms with Crippen molar-refractivity contribution in [2.24, 2.45) is 0 Å². The van der Waals surface area contributed by atoms with Crippen molar-refractivity contribution in [1.29, 1.82) is 5.26 Å². The second-order valence-electron chi connectivity index (χ2n) is 9.40. The molecular formula is C31H34N4O5. The number of carbonyl (C=O) groups excluding carboxylic acids is 2. The second-order valence-corrected chi connectivity index (χ2v) is 9.40. The number of piperazine rings is 1. The van der Waals surface area contributed by atoms with Crippen LogP contribution in [0.1, 0.15) is 40.1 Å². The Balaban J connectivity index is 1.33. The van der Waals surface area contributed by atoms with E-state index in [9.17, 15) is 9.59 Å². The lowest BCUT2D eigenvalue weighted by Crippen LogP contribution is -2.50. The second kappa shape index (κ2) is 14.1. The van der Waals surface area contributed by atoms with Gasteiger partial charge in [0.05, 0.1) is 43.6 Å². The summed E-state index contributed by atoms with van der Waals surface area (Å²) >= 11 is 0.